The summed E-state index contributed by atoms with van der Waals surface area (Å²) in [5, 5.41) is 12.0. The van der Waals surface area contributed by atoms with Crippen molar-refractivity contribution in [3.05, 3.63) is 46.3 Å². The lowest BCUT2D eigenvalue weighted by Crippen LogP contribution is -2.21. The Hall–Kier alpha value is -2.46. The highest BCUT2D eigenvalue weighted by Gasteiger charge is 2.17. The average Bonchev–Trinajstić information content (AvgIpc) is 3.17. The molecule has 126 valence electrons. The number of aromatic nitrogens is 4. The highest BCUT2D eigenvalue weighted by atomic mass is 32.1. The van der Waals surface area contributed by atoms with Crippen molar-refractivity contribution in [1.82, 2.24) is 19.7 Å². The van der Waals surface area contributed by atoms with Gasteiger partial charge in [0.25, 0.3) is 5.91 Å². The number of aromatic amines is 1. The van der Waals surface area contributed by atoms with E-state index in [1.165, 1.54) is 17.6 Å². The number of nitrogens with one attached hydrogen (secondary N) is 2. The molecule has 8 nitrogen and oxygen atoms in total. The maximum atomic E-state index is 12.0. The lowest BCUT2D eigenvalue weighted by Gasteiger charge is -2.14. The molecule has 3 heterocycles. The van der Waals surface area contributed by atoms with Crippen LogP contribution in [0.5, 0.6) is 0 Å². The SMILES string of the molecule is C=CCn1c(Cc2csc(NC(=O)C3=COCCO3)n2)n[nH]c1=S. The fourth-order valence-electron chi connectivity index (χ4n) is 2.06. The number of H-pyrrole nitrogens is 1. The molecular formula is C14H15N5O3S2. The number of nitrogens with zero attached hydrogens (tertiary/aromatic N) is 3. The van der Waals surface area contributed by atoms with E-state index in [1.54, 1.807) is 6.08 Å². The lowest BCUT2D eigenvalue weighted by atomic mass is 10.3. The summed E-state index contributed by atoms with van der Waals surface area (Å²) in [5.41, 5.74) is 0.782. The molecule has 1 aliphatic heterocycles. The third-order valence-electron chi connectivity index (χ3n) is 3.13. The second-order valence-electron chi connectivity index (χ2n) is 4.82. The predicted octanol–water partition coefficient (Wildman–Crippen LogP) is 2.00. The summed E-state index contributed by atoms with van der Waals surface area (Å²) in [6.45, 7) is 5.08. The van der Waals surface area contributed by atoms with E-state index >= 15 is 0 Å². The van der Waals surface area contributed by atoms with E-state index in [9.17, 15) is 4.79 Å². The number of hydrogen-bond donors (Lipinski definition) is 2. The fraction of sp³-hybridized carbons (Fsp3) is 0.286. The zero-order chi connectivity index (χ0) is 16.9. The highest BCUT2D eigenvalue weighted by molar-refractivity contribution is 7.71. The minimum atomic E-state index is -0.384. The lowest BCUT2D eigenvalue weighted by molar-refractivity contribution is -0.117. The van der Waals surface area contributed by atoms with Gasteiger partial charge in [0.1, 0.15) is 25.3 Å². The summed E-state index contributed by atoms with van der Waals surface area (Å²) in [5.74, 6) is 0.518. The molecule has 10 heteroatoms. The van der Waals surface area contributed by atoms with Gasteiger partial charge in [-0.3, -0.25) is 19.8 Å². The Morgan fingerprint density at radius 1 is 1.58 bits per heavy atom. The van der Waals surface area contributed by atoms with Crippen LogP contribution >= 0.6 is 23.6 Å². The van der Waals surface area contributed by atoms with Crippen molar-refractivity contribution in [2.75, 3.05) is 18.5 Å². The largest absolute Gasteiger partial charge is 0.494 e. The molecule has 0 saturated heterocycles. The van der Waals surface area contributed by atoms with E-state index in [1.807, 2.05) is 9.95 Å². The van der Waals surface area contributed by atoms with Gasteiger partial charge in [-0.15, -0.1) is 17.9 Å². The van der Waals surface area contributed by atoms with Crippen molar-refractivity contribution in [1.29, 1.82) is 0 Å². The average molecular weight is 365 g/mol. The normalized spacial score (nSPS) is 13.6. The standard InChI is InChI=1S/C14H15N5O3S2/c1-2-3-19-11(17-18-14(19)23)6-9-8-24-13(15-9)16-12(20)10-7-21-4-5-22-10/h2,7-8H,1,3-6H2,(H,18,23)(H,15,16,20). The van der Waals surface area contributed by atoms with Crippen molar-refractivity contribution >= 4 is 34.6 Å². The van der Waals surface area contributed by atoms with Crippen molar-refractivity contribution < 1.29 is 14.3 Å². The van der Waals surface area contributed by atoms with Crippen LogP contribution in [0.2, 0.25) is 0 Å². The predicted molar refractivity (Wildman–Crippen MR) is 91.1 cm³/mol. The van der Waals surface area contributed by atoms with E-state index in [-0.39, 0.29) is 11.7 Å². The van der Waals surface area contributed by atoms with E-state index < -0.39 is 0 Å². The number of ether oxygens (including phenoxy) is 2. The van der Waals surface area contributed by atoms with Crippen LogP contribution in [-0.4, -0.2) is 38.9 Å². The topological polar surface area (TPSA) is 94.1 Å². The zero-order valence-corrected chi connectivity index (χ0v) is 14.3. The Labute approximate surface area is 146 Å². The number of allylic oxidation sites excluding steroid dienone is 1. The first kappa shape index (κ1) is 16.4. The van der Waals surface area contributed by atoms with Crippen molar-refractivity contribution in [3.8, 4) is 0 Å². The fourth-order valence-corrected chi connectivity index (χ4v) is 2.99. The Bertz CT molecular complexity index is 836. The van der Waals surface area contributed by atoms with Crippen LogP contribution in [0.3, 0.4) is 0 Å². The third kappa shape index (κ3) is 3.71. The number of amides is 1. The van der Waals surface area contributed by atoms with Crippen LogP contribution in [0.1, 0.15) is 11.5 Å². The van der Waals surface area contributed by atoms with Crippen LogP contribution in [0, 0.1) is 4.77 Å². The quantitative estimate of drug-likeness (QED) is 0.601. The molecule has 2 aromatic rings. The van der Waals surface area contributed by atoms with E-state index in [0.717, 1.165) is 11.5 Å². The molecule has 1 aliphatic rings. The molecule has 0 aliphatic carbocycles. The number of carbonyl (C=O) groups excluding carboxylic acids is 1. The molecule has 3 rings (SSSR count). The summed E-state index contributed by atoms with van der Waals surface area (Å²) >= 11 is 6.51. The van der Waals surface area contributed by atoms with Crippen LogP contribution in [0.4, 0.5) is 5.13 Å². The molecule has 2 aromatic heterocycles. The second kappa shape index (κ2) is 7.41. The van der Waals surface area contributed by atoms with E-state index in [4.69, 9.17) is 21.7 Å². The van der Waals surface area contributed by atoms with Gasteiger partial charge in [0, 0.05) is 11.9 Å². The molecule has 0 saturated carbocycles. The van der Waals surface area contributed by atoms with Gasteiger partial charge in [0.05, 0.1) is 12.1 Å². The number of hydrogen-bond acceptors (Lipinski definition) is 7. The van der Waals surface area contributed by atoms with Crippen molar-refractivity contribution in [2.24, 2.45) is 0 Å². The molecule has 0 atom stereocenters. The summed E-state index contributed by atoms with van der Waals surface area (Å²) in [4.78, 5) is 16.4. The molecular weight excluding hydrogens is 350 g/mol. The Kier molecular flexibility index (Phi) is 5.06. The van der Waals surface area contributed by atoms with Gasteiger partial charge in [0.15, 0.2) is 9.90 Å². The Morgan fingerprint density at radius 2 is 2.46 bits per heavy atom. The molecule has 0 bridgehead atoms. The van der Waals surface area contributed by atoms with E-state index in [2.05, 4.69) is 27.1 Å². The maximum absolute atomic E-state index is 12.0. The number of carbonyl (C=O) groups is 1. The summed E-state index contributed by atoms with van der Waals surface area (Å²) in [6.07, 6.45) is 3.55. The first-order chi connectivity index (χ1) is 11.7. The van der Waals surface area contributed by atoms with Crippen LogP contribution in [0.15, 0.2) is 30.1 Å². The molecule has 2 N–H and O–H groups in total. The minimum absolute atomic E-state index is 0.143. The zero-order valence-electron chi connectivity index (χ0n) is 12.7. The number of anilines is 1. The van der Waals surface area contributed by atoms with Gasteiger partial charge in [-0.2, -0.15) is 5.10 Å². The first-order valence-corrected chi connectivity index (χ1v) is 8.41. The van der Waals surface area contributed by atoms with Crippen LogP contribution < -0.4 is 5.32 Å². The maximum Gasteiger partial charge on any atom is 0.295 e. The Morgan fingerprint density at radius 3 is 3.21 bits per heavy atom. The molecule has 0 spiro atoms. The van der Waals surface area contributed by atoms with Gasteiger partial charge in [-0.1, -0.05) is 6.08 Å². The number of thiazole rings is 1. The molecule has 1 amide bonds. The van der Waals surface area contributed by atoms with Crippen molar-refractivity contribution in [3.63, 3.8) is 0 Å². The van der Waals surface area contributed by atoms with Gasteiger partial charge in [-0.25, -0.2) is 4.98 Å². The van der Waals surface area contributed by atoms with E-state index in [0.29, 0.717) is 36.1 Å². The molecule has 0 fully saturated rings. The monoisotopic (exact) mass is 365 g/mol. The second-order valence-corrected chi connectivity index (χ2v) is 6.07. The van der Waals surface area contributed by atoms with Crippen molar-refractivity contribution in [2.45, 2.75) is 13.0 Å². The molecule has 24 heavy (non-hydrogen) atoms. The van der Waals surface area contributed by atoms with Crippen LogP contribution in [-0.2, 0) is 27.2 Å². The van der Waals surface area contributed by atoms with Gasteiger partial charge in [0.2, 0.25) is 5.76 Å². The Balaban J connectivity index is 1.67. The molecule has 0 unspecified atom stereocenters. The molecule has 0 aromatic carbocycles. The summed E-state index contributed by atoms with van der Waals surface area (Å²) < 4.78 is 12.7. The van der Waals surface area contributed by atoms with Gasteiger partial charge >= 0.3 is 0 Å². The smallest absolute Gasteiger partial charge is 0.295 e. The number of rotatable bonds is 6. The van der Waals surface area contributed by atoms with Gasteiger partial charge in [-0.05, 0) is 12.2 Å². The molecule has 0 radical (unpaired) electrons. The van der Waals surface area contributed by atoms with Gasteiger partial charge < -0.3 is 9.47 Å². The summed E-state index contributed by atoms with van der Waals surface area (Å²) in [7, 11) is 0. The van der Waals surface area contributed by atoms with Crippen LogP contribution in [0.25, 0.3) is 0 Å². The summed E-state index contributed by atoms with van der Waals surface area (Å²) in [6, 6.07) is 0. The highest BCUT2D eigenvalue weighted by Crippen LogP contribution is 2.19. The first-order valence-electron chi connectivity index (χ1n) is 7.12. The minimum Gasteiger partial charge on any atom is -0.494 e. The third-order valence-corrected chi connectivity index (χ3v) is 4.25.